The minimum absolute atomic E-state index is 0.0277. The molecule has 2 aromatic rings. The zero-order valence-electron chi connectivity index (χ0n) is 18.3. The molecule has 2 unspecified atom stereocenters. The highest BCUT2D eigenvalue weighted by molar-refractivity contribution is 6.07. The van der Waals surface area contributed by atoms with Gasteiger partial charge in [0, 0.05) is 36.3 Å². The Morgan fingerprint density at radius 1 is 1.09 bits per heavy atom. The molecule has 0 aliphatic carbocycles. The number of carbonyl (C=O) groups excluding carboxylic acids is 2. The molecule has 8 heteroatoms. The van der Waals surface area contributed by atoms with Gasteiger partial charge in [0.25, 0.3) is 17.5 Å². The van der Waals surface area contributed by atoms with Crippen LogP contribution in [0.15, 0.2) is 42.5 Å². The predicted molar refractivity (Wildman–Crippen MR) is 120 cm³/mol. The van der Waals surface area contributed by atoms with Gasteiger partial charge in [0.2, 0.25) is 0 Å². The maximum Gasteiger partial charge on any atom is 0.271 e. The fourth-order valence-corrected chi connectivity index (χ4v) is 4.67. The number of nitrogens with zero attached hydrogens (tertiary/aromatic N) is 3. The molecule has 2 heterocycles. The van der Waals surface area contributed by atoms with E-state index < -0.39 is 4.92 Å². The van der Waals surface area contributed by atoms with Crippen LogP contribution in [0.1, 0.15) is 49.0 Å². The number of likely N-dealkylation sites (tertiary alicyclic amines) is 1. The van der Waals surface area contributed by atoms with Gasteiger partial charge in [-0.05, 0) is 69.4 Å². The van der Waals surface area contributed by atoms with Gasteiger partial charge >= 0.3 is 0 Å². The number of non-ortho nitro benzene ring substituents is 1. The second-order valence-electron chi connectivity index (χ2n) is 8.52. The Labute approximate surface area is 186 Å². The first kappa shape index (κ1) is 21.8. The van der Waals surface area contributed by atoms with Crippen LogP contribution in [0.2, 0.25) is 0 Å². The third kappa shape index (κ3) is 4.30. The number of benzene rings is 2. The second-order valence-corrected chi connectivity index (χ2v) is 8.52. The highest BCUT2D eigenvalue weighted by Gasteiger charge is 2.29. The van der Waals surface area contributed by atoms with Gasteiger partial charge in [0.05, 0.1) is 10.6 Å². The molecule has 0 aromatic heterocycles. The first-order valence-corrected chi connectivity index (χ1v) is 11.0. The molecule has 0 saturated carbocycles. The van der Waals surface area contributed by atoms with Crippen molar-refractivity contribution in [3.8, 4) is 5.75 Å². The van der Waals surface area contributed by atoms with Crippen molar-refractivity contribution in [1.82, 2.24) is 4.90 Å². The lowest BCUT2D eigenvalue weighted by atomic mass is 9.97. The Bertz CT molecular complexity index is 1030. The summed E-state index contributed by atoms with van der Waals surface area (Å²) >= 11 is 0. The summed E-state index contributed by atoms with van der Waals surface area (Å²) < 4.78 is 5.69. The number of nitro benzene ring substituents is 1. The molecule has 32 heavy (non-hydrogen) atoms. The van der Waals surface area contributed by atoms with E-state index in [2.05, 4.69) is 13.8 Å². The van der Waals surface area contributed by atoms with Crippen LogP contribution in [0, 0.1) is 10.1 Å². The lowest BCUT2D eigenvalue weighted by Gasteiger charge is -2.38. The molecule has 1 saturated heterocycles. The number of hydrogen-bond acceptors (Lipinski definition) is 5. The Kier molecular flexibility index (Phi) is 6.12. The molecule has 2 aliphatic heterocycles. The van der Waals surface area contributed by atoms with Gasteiger partial charge in [0.1, 0.15) is 5.75 Å². The molecule has 8 nitrogen and oxygen atoms in total. The maximum atomic E-state index is 13.0. The van der Waals surface area contributed by atoms with Gasteiger partial charge in [-0.3, -0.25) is 19.7 Å². The van der Waals surface area contributed by atoms with Gasteiger partial charge < -0.3 is 14.5 Å². The molecule has 0 radical (unpaired) electrons. The van der Waals surface area contributed by atoms with Crippen LogP contribution in [-0.4, -0.2) is 46.9 Å². The summed E-state index contributed by atoms with van der Waals surface area (Å²) in [4.78, 5) is 39.7. The zero-order valence-corrected chi connectivity index (χ0v) is 18.3. The molecule has 168 valence electrons. The quantitative estimate of drug-likeness (QED) is 0.521. The van der Waals surface area contributed by atoms with E-state index >= 15 is 0 Å². The summed E-state index contributed by atoms with van der Waals surface area (Å²) in [6.45, 7) is 4.58. The number of amides is 2. The van der Waals surface area contributed by atoms with E-state index in [4.69, 9.17) is 4.74 Å². The van der Waals surface area contributed by atoms with E-state index in [0.717, 1.165) is 24.8 Å². The number of nitro groups is 1. The number of carbonyl (C=O) groups is 2. The highest BCUT2D eigenvalue weighted by atomic mass is 16.6. The lowest BCUT2D eigenvalue weighted by molar-refractivity contribution is -0.384. The maximum absolute atomic E-state index is 13.0. The number of piperidine rings is 1. The van der Waals surface area contributed by atoms with Gasteiger partial charge in [-0.15, -0.1) is 0 Å². The number of rotatable bonds is 5. The smallest absolute Gasteiger partial charge is 0.271 e. The summed E-state index contributed by atoms with van der Waals surface area (Å²) in [5.41, 5.74) is 1.93. The van der Waals surface area contributed by atoms with Crippen molar-refractivity contribution in [3.63, 3.8) is 0 Å². The van der Waals surface area contributed by atoms with Crippen molar-refractivity contribution in [2.45, 2.75) is 51.6 Å². The standard InChI is InChI=1S/C24H27N3O5/c1-16-4-3-5-17(2)26(16)23(28)15-32-21-10-7-19(8-11-21)24(29)25-13-12-18-6-9-20(27(30)31)14-22(18)25/h6-11,14,16-17H,3-5,12-13,15H2,1-2H3. The van der Waals surface area contributed by atoms with Crippen LogP contribution >= 0.6 is 0 Å². The fourth-order valence-electron chi connectivity index (χ4n) is 4.67. The van der Waals surface area contributed by atoms with Crippen molar-refractivity contribution in [2.75, 3.05) is 18.1 Å². The van der Waals surface area contributed by atoms with Crippen molar-refractivity contribution >= 4 is 23.2 Å². The summed E-state index contributed by atoms with van der Waals surface area (Å²) in [7, 11) is 0. The summed E-state index contributed by atoms with van der Waals surface area (Å²) in [6, 6.07) is 11.7. The predicted octanol–water partition coefficient (Wildman–Crippen LogP) is 3.97. The minimum Gasteiger partial charge on any atom is -0.484 e. The second kappa shape index (κ2) is 8.98. The van der Waals surface area contributed by atoms with Crippen molar-refractivity contribution < 1.29 is 19.2 Å². The molecular formula is C24H27N3O5. The van der Waals surface area contributed by atoms with E-state index in [1.165, 1.54) is 12.1 Å². The van der Waals surface area contributed by atoms with E-state index in [1.54, 1.807) is 35.2 Å². The topological polar surface area (TPSA) is 93.0 Å². The summed E-state index contributed by atoms with van der Waals surface area (Å²) in [5.74, 6) is 0.271. The summed E-state index contributed by atoms with van der Waals surface area (Å²) in [5, 5.41) is 11.1. The van der Waals surface area contributed by atoms with Crippen molar-refractivity contribution in [1.29, 1.82) is 0 Å². The van der Waals surface area contributed by atoms with Crippen LogP contribution in [0.4, 0.5) is 11.4 Å². The number of hydrogen-bond donors (Lipinski definition) is 0. The van der Waals surface area contributed by atoms with Crippen LogP contribution in [0.25, 0.3) is 0 Å². The lowest BCUT2D eigenvalue weighted by Crippen LogP contribution is -2.49. The zero-order chi connectivity index (χ0) is 22.8. The van der Waals surface area contributed by atoms with Crippen molar-refractivity contribution in [3.05, 3.63) is 63.7 Å². The molecular weight excluding hydrogens is 410 g/mol. The van der Waals surface area contributed by atoms with Crippen LogP contribution < -0.4 is 9.64 Å². The Balaban J connectivity index is 1.40. The summed E-state index contributed by atoms with van der Waals surface area (Å²) in [6.07, 6.45) is 3.82. The van der Waals surface area contributed by atoms with E-state index in [9.17, 15) is 19.7 Å². The van der Waals surface area contributed by atoms with Crippen LogP contribution in [0.3, 0.4) is 0 Å². The number of ether oxygens (including phenoxy) is 1. The average molecular weight is 437 g/mol. The normalized spacial score (nSPS) is 20.1. The van der Waals surface area contributed by atoms with Gasteiger partial charge in [-0.25, -0.2) is 0 Å². The van der Waals surface area contributed by atoms with E-state index in [0.29, 0.717) is 30.0 Å². The first-order chi connectivity index (χ1) is 15.3. The molecule has 2 aliphatic rings. The molecule has 1 fully saturated rings. The van der Waals surface area contributed by atoms with Crippen molar-refractivity contribution in [2.24, 2.45) is 0 Å². The first-order valence-electron chi connectivity index (χ1n) is 11.0. The molecule has 2 atom stereocenters. The Morgan fingerprint density at radius 3 is 2.44 bits per heavy atom. The SMILES string of the molecule is CC1CCCC(C)N1C(=O)COc1ccc(C(=O)N2CCc3ccc([N+](=O)[O-])cc32)cc1. The van der Waals surface area contributed by atoms with Gasteiger partial charge in [0.15, 0.2) is 6.61 Å². The largest absolute Gasteiger partial charge is 0.484 e. The molecule has 2 aromatic carbocycles. The average Bonchev–Trinajstić information content (AvgIpc) is 3.20. The molecule has 2 amide bonds. The third-order valence-electron chi connectivity index (χ3n) is 6.37. The molecule has 0 spiro atoms. The Hall–Kier alpha value is -3.42. The molecule has 0 N–H and O–H groups in total. The fraction of sp³-hybridized carbons (Fsp3) is 0.417. The highest BCUT2D eigenvalue weighted by Crippen LogP contribution is 2.33. The third-order valence-corrected chi connectivity index (χ3v) is 6.37. The van der Waals surface area contributed by atoms with Gasteiger partial charge in [-0.2, -0.15) is 0 Å². The molecule has 0 bridgehead atoms. The van der Waals surface area contributed by atoms with E-state index in [1.807, 2.05) is 4.90 Å². The number of anilines is 1. The van der Waals surface area contributed by atoms with Crippen LogP contribution in [-0.2, 0) is 11.2 Å². The monoisotopic (exact) mass is 437 g/mol. The number of fused-ring (bicyclic) bond motifs is 1. The molecule has 4 rings (SSSR count). The van der Waals surface area contributed by atoms with E-state index in [-0.39, 0.29) is 36.2 Å². The van der Waals surface area contributed by atoms with Gasteiger partial charge in [-0.1, -0.05) is 6.07 Å². The Morgan fingerprint density at radius 2 is 1.78 bits per heavy atom. The van der Waals surface area contributed by atoms with Crippen LogP contribution in [0.5, 0.6) is 5.75 Å². The minimum atomic E-state index is -0.458.